The molecule has 0 aromatic heterocycles. The van der Waals surface area contributed by atoms with E-state index in [9.17, 15) is 9.59 Å². The number of benzene rings is 2. The van der Waals surface area contributed by atoms with Gasteiger partial charge in [0.25, 0.3) is 0 Å². The van der Waals surface area contributed by atoms with Crippen molar-refractivity contribution < 1.29 is 19.1 Å². The van der Waals surface area contributed by atoms with E-state index in [1.807, 2.05) is 67.6 Å². The van der Waals surface area contributed by atoms with E-state index in [0.717, 1.165) is 11.1 Å². The van der Waals surface area contributed by atoms with Gasteiger partial charge in [0.2, 0.25) is 6.10 Å². The van der Waals surface area contributed by atoms with E-state index in [1.165, 1.54) is 0 Å². The van der Waals surface area contributed by atoms with Crippen LogP contribution in [0.4, 0.5) is 0 Å². The summed E-state index contributed by atoms with van der Waals surface area (Å²) in [6, 6.07) is 19.1. The molecule has 25 heavy (non-hydrogen) atoms. The lowest BCUT2D eigenvalue weighted by atomic mass is 10.1. The van der Waals surface area contributed by atoms with Crippen LogP contribution in [0.15, 0.2) is 60.7 Å². The van der Waals surface area contributed by atoms with E-state index in [1.54, 1.807) is 0 Å². The predicted molar refractivity (Wildman–Crippen MR) is 96.3 cm³/mol. The highest BCUT2D eigenvalue weighted by Crippen LogP contribution is 2.08. The molecule has 0 fully saturated rings. The molecule has 132 valence electrons. The first-order valence-corrected chi connectivity index (χ1v) is 8.59. The summed E-state index contributed by atoms with van der Waals surface area (Å²) in [5, 5.41) is 0. The summed E-state index contributed by atoms with van der Waals surface area (Å²) in [6.45, 7) is 2.48. The summed E-state index contributed by atoms with van der Waals surface area (Å²) in [6.07, 6.45) is 0.320. The third-order valence-corrected chi connectivity index (χ3v) is 3.69. The number of carbonyl (C=O) groups is 2. The lowest BCUT2D eigenvalue weighted by Gasteiger charge is -2.16. The number of rotatable bonds is 10. The fourth-order valence-corrected chi connectivity index (χ4v) is 2.40. The molecule has 0 heterocycles. The molecule has 2 rings (SSSR count). The minimum absolute atomic E-state index is 0.151. The summed E-state index contributed by atoms with van der Waals surface area (Å²) in [4.78, 5) is 24.7. The van der Waals surface area contributed by atoms with Gasteiger partial charge < -0.3 is 9.47 Å². The molecule has 0 N–H and O–H groups in total. The molecule has 0 aliphatic heterocycles. The van der Waals surface area contributed by atoms with Gasteiger partial charge in [-0.25, -0.2) is 4.79 Å². The Labute approximate surface area is 148 Å². The van der Waals surface area contributed by atoms with Gasteiger partial charge >= 0.3 is 5.97 Å². The van der Waals surface area contributed by atoms with Crippen LogP contribution in [0.3, 0.4) is 0 Å². The van der Waals surface area contributed by atoms with Crippen LogP contribution < -0.4 is 0 Å². The second-order valence-corrected chi connectivity index (χ2v) is 5.78. The van der Waals surface area contributed by atoms with E-state index in [-0.39, 0.29) is 25.4 Å². The normalized spacial score (nSPS) is 11.7. The summed E-state index contributed by atoms with van der Waals surface area (Å²) in [5.41, 5.74) is 1.95. The van der Waals surface area contributed by atoms with Crippen molar-refractivity contribution in [2.45, 2.75) is 32.3 Å². The Bertz CT molecular complexity index is 652. The Morgan fingerprint density at radius 3 is 2.08 bits per heavy atom. The number of carbonyl (C=O) groups excluding carboxylic acids is 2. The van der Waals surface area contributed by atoms with E-state index in [4.69, 9.17) is 9.47 Å². The lowest BCUT2D eigenvalue weighted by Crippen LogP contribution is -2.36. The van der Waals surface area contributed by atoms with Crippen molar-refractivity contribution in [1.82, 2.24) is 0 Å². The highest BCUT2D eigenvalue weighted by atomic mass is 16.6. The smallest absolute Gasteiger partial charge is 0.343 e. The van der Waals surface area contributed by atoms with Crippen LogP contribution >= 0.6 is 0 Å². The molecule has 2 aromatic carbocycles. The standard InChI is InChI=1S/C21H24O4/c1-2-14-25-21(23)20(19(22)16-18-11-7-4-8-12-18)24-15-13-17-9-5-3-6-10-17/h3-12,20H,2,13-16H2,1H3. The van der Waals surface area contributed by atoms with Crippen LogP contribution in [0.25, 0.3) is 0 Å². The molecule has 0 aliphatic rings. The maximum atomic E-state index is 12.5. The first-order valence-electron chi connectivity index (χ1n) is 8.59. The molecule has 0 spiro atoms. The van der Waals surface area contributed by atoms with Gasteiger partial charge in [0.1, 0.15) is 0 Å². The van der Waals surface area contributed by atoms with E-state index in [2.05, 4.69) is 0 Å². The van der Waals surface area contributed by atoms with Crippen molar-refractivity contribution in [3.8, 4) is 0 Å². The molecule has 1 unspecified atom stereocenters. The molecule has 4 nitrogen and oxygen atoms in total. The molecule has 4 heteroatoms. The largest absolute Gasteiger partial charge is 0.463 e. The molecular formula is C21H24O4. The highest BCUT2D eigenvalue weighted by Gasteiger charge is 2.28. The fraction of sp³-hybridized carbons (Fsp3) is 0.333. The van der Waals surface area contributed by atoms with Crippen LogP contribution in [-0.2, 0) is 31.9 Å². The number of esters is 1. The number of Topliss-reactive ketones (excluding diaryl/α,β-unsaturated/α-hetero) is 1. The van der Waals surface area contributed by atoms with Gasteiger partial charge in [0.05, 0.1) is 13.2 Å². The predicted octanol–water partition coefficient (Wildman–Crippen LogP) is 3.38. The third kappa shape index (κ3) is 6.51. The van der Waals surface area contributed by atoms with Gasteiger partial charge in [-0.2, -0.15) is 0 Å². The minimum Gasteiger partial charge on any atom is -0.463 e. The van der Waals surface area contributed by atoms with Gasteiger partial charge in [-0.05, 0) is 24.0 Å². The first kappa shape index (κ1) is 18.9. The first-order chi connectivity index (χ1) is 12.2. The monoisotopic (exact) mass is 340 g/mol. The quantitative estimate of drug-likeness (QED) is 0.491. The van der Waals surface area contributed by atoms with Crippen molar-refractivity contribution >= 4 is 11.8 Å². The average Bonchev–Trinajstić information content (AvgIpc) is 2.65. The molecule has 0 bridgehead atoms. The zero-order chi connectivity index (χ0) is 17.9. The summed E-state index contributed by atoms with van der Waals surface area (Å²) < 4.78 is 10.7. The van der Waals surface area contributed by atoms with Crippen LogP contribution in [0, 0.1) is 0 Å². The average molecular weight is 340 g/mol. The van der Waals surface area contributed by atoms with Crippen LogP contribution in [0.2, 0.25) is 0 Å². The highest BCUT2D eigenvalue weighted by molar-refractivity contribution is 6.02. The number of hydrogen-bond acceptors (Lipinski definition) is 4. The van der Waals surface area contributed by atoms with Gasteiger partial charge in [-0.1, -0.05) is 67.6 Å². The second kappa shape index (κ2) is 10.4. The molecule has 0 radical (unpaired) electrons. The number of hydrogen-bond donors (Lipinski definition) is 0. The Morgan fingerprint density at radius 1 is 0.880 bits per heavy atom. The Balaban J connectivity index is 1.96. The van der Waals surface area contributed by atoms with Gasteiger partial charge in [-0.3, -0.25) is 4.79 Å². The summed E-state index contributed by atoms with van der Waals surface area (Å²) in [7, 11) is 0. The molecule has 0 amide bonds. The van der Waals surface area contributed by atoms with Gasteiger partial charge in [0, 0.05) is 6.42 Å². The fourth-order valence-electron chi connectivity index (χ4n) is 2.40. The maximum Gasteiger partial charge on any atom is 0.343 e. The Hall–Kier alpha value is -2.46. The van der Waals surface area contributed by atoms with Crippen LogP contribution in [-0.4, -0.2) is 31.1 Å². The summed E-state index contributed by atoms with van der Waals surface area (Å²) in [5.74, 6) is -0.879. The molecular weight excluding hydrogens is 316 g/mol. The molecule has 0 aliphatic carbocycles. The SMILES string of the molecule is CCCOC(=O)C(OCCc1ccccc1)C(=O)Cc1ccccc1. The van der Waals surface area contributed by atoms with Crippen molar-refractivity contribution in [3.63, 3.8) is 0 Å². The Kier molecular flexibility index (Phi) is 7.86. The van der Waals surface area contributed by atoms with E-state index < -0.39 is 12.1 Å². The summed E-state index contributed by atoms with van der Waals surface area (Å²) >= 11 is 0. The van der Waals surface area contributed by atoms with E-state index >= 15 is 0 Å². The van der Waals surface area contributed by atoms with Crippen LogP contribution in [0.5, 0.6) is 0 Å². The molecule has 0 saturated carbocycles. The van der Waals surface area contributed by atoms with Gasteiger partial charge in [0.15, 0.2) is 5.78 Å². The maximum absolute atomic E-state index is 12.5. The van der Waals surface area contributed by atoms with Crippen molar-refractivity contribution in [2.24, 2.45) is 0 Å². The lowest BCUT2D eigenvalue weighted by molar-refractivity contribution is -0.161. The molecule has 1 atom stereocenters. The van der Waals surface area contributed by atoms with Crippen molar-refractivity contribution in [1.29, 1.82) is 0 Å². The zero-order valence-corrected chi connectivity index (χ0v) is 14.5. The molecule has 2 aromatic rings. The van der Waals surface area contributed by atoms with Crippen molar-refractivity contribution in [3.05, 3.63) is 71.8 Å². The third-order valence-electron chi connectivity index (χ3n) is 3.69. The zero-order valence-electron chi connectivity index (χ0n) is 14.5. The number of ketones is 1. The number of ether oxygens (including phenoxy) is 2. The van der Waals surface area contributed by atoms with Crippen molar-refractivity contribution in [2.75, 3.05) is 13.2 Å². The Morgan fingerprint density at radius 2 is 1.48 bits per heavy atom. The second-order valence-electron chi connectivity index (χ2n) is 5.78. The topological polar surface area (TPSA) is 52.6 Å². The van der Waals surface area contributed by atoms with E-state index in [0.29, 0.717) is 12.8 Å². The minimum atomic E-state index is -1.17. The van der Waals surface area contributed by atoms with Gasteiger partial charge in [-0.15, -0.1) is 0 Å². The van der Waals surface area contributed by atoms with Crippen LogP contribution in [0.1, 0.15) is 24.5 Å². The molecule has 0 saturated heterocycles.